The normalized spacial score (nSPS) is 24.0. The van der Waals surface area contributed by atoms with Crippen molar-refractivity contribution < 1.29 is 23.9 Å². The Bertz CT molecular complexity index is 851. The molecule has 0 bridgehead atoms. The fraction of sp³-hybridized carbons (Fsp3) is 0.348. The molecule has 4 rings (SSSR count). The van der Waals surface area contributed by atoms with Gasteiger partial charge in [0.1, 0.15) is 5.78 Å². The van der Waals surface area contributed by atoms with Crippen molar-refractivity contribution in [3.63, 3.8) is 0 Å². The maximum atomic E-state index is 13.2. The molecule has 0 radical (unpaired) electrons. The average Bonchev–Trinajstić information content (AvgIpc) is 2.67. The maximum absolute atomic E-state index is 13.2. The summed E-state index contributed by atoms with van der Waals surface area (Å²) in [4.78, 5) is 39.0. The highest BCUT2D eigenvalue weighted by atomic mass is 16.7. The van der Waals surface area contributed by atoms with Gasteiger partial charge >= 0.3 is 11.9 Å². The zero-order chi connectivity index (χ0) is 19.9. The number of cyclic esters (lactones) is 2. The molecule has 2 unspecified atom stereocenters. The summed E-state index contributed by atoms with van der Waals surface area (Å²) >= 11 is 0. The van der Waals surface area contributed by atoms with Crippen molar-refractivity contribution in [2.45, 2.75) is 38.5 Å². The third kappa shape index (κ3) is 2.82. The minimum atomic E-state index is -1.56. The molecule has 1 heterocycles. The van der Waals surface area contributed by atoms with Gasteiger partial charge in [-0.15, -0.1) is 0 Å². The Morgan fingerprint density at radius 3 is 1.50 bits per heavy atom. The lowest BCUT2D eigenvalue weighted by Crippen LogP contribution is -2.57. The molecular formula is C23H22O5. The fourth-order valence-electron chi connectivity index (χ4n) is 4.49. The van der Waals surface area contributed by atoms with Crippen LogP contribution in [0.2, 0.25) is 0 Å². The first-order chi connectivity index (χ1) is 13.4. The van der Waals surface area contributed by atoms with Crippen molar-refractivity contribution in [1.29, 1.82) is 0 Å². The third-order valence-corrected chi connectivity index (χ3v) is 5.98. The van der Waals surface area contributed by atoms with Gasteiger partial charge in [0.05, 0.1) is 0 Å². The van der Waals surface area contributed by atoms with E-state index in [1.165, 1.54) is 0 Å². The number of benzene rings is 2. The number of carbonyl (C=O) groups excluding carboxylic acids is 3. The Morgan fingerprint density at radius 1 is 0.714 bits per heavy atom. The molecule has 0 N–H and O–H groups in total. The van der Waals surface area contributed by atoms with Gasteiger partial charge in [0, 0.05) is 24.7 Å². The van der Waals surface area contributed by atoms with Crippen LogP contribution in [0.3, 0.4) is 0 Å². The number of hydrogen-bond acceptors (Lipinski definition) is 5. The minimum Gasteiger partial charge on any atom is -0.427 e. The van der Waals surface area contributed by atoms with Crippen molar-refractivity contribution in [1.82, 2.24) is 0 Å². The zero-order valence-corrected chi connectivity index (χ0v) is 15.9. The Kier molecular flexibility index (Phi) is 4.53. The van der Waals surface area contributed by atoms with Crippen molar-refractivity contribution >= 4 is 17.7 Å². The standard InChI is InChI=1S/C23H22O5/c1-14-3-7-16(8-4-14)19-11-18(24)12-20(17-9-5-15(2)6-10-17)23(19)21(25)27-13-28-22(23)26/h3-10,19-20H,11-13H2,1-2H3. The SMILES string of the molecule is Cc1ccc(C2CC(=O)CC(c3ccc(C)cc3)C23C(=O)OCOC3=O)cc1. The van der Waals surface area contributed by atoms with E-state index in [1.807, 2.05) is 62.4 Å². The number of rotatable bonds is 2. The molecule has 2 aromatic carbocycles. The molecule has 5 heteroatoms. The highest BCUT2D eigenvalue weighted by molar-refractivity contribution is 6.06. The number of hydrogen-bond donors (Lipinski definition) is 0. The Labute approximate surface area is 163 Å². The summed E-state index contributed by atoms with van der Waals surface area (Å²) in [5.41, 5.74) is 2.10. The molecule has 1 saturated heterocycles. The van der Waals surface area contributed by atoms with E-state index >= 15 is 0 Å². The predicted octanol–water partition coefficient (Wildman–Crippen LogP) is 3.58. The van der Waals surface area contributed by atoms with Crippen molar-refractivity contribution in [3.05, 3.63) is 70.8 Å². The quantitative estimate of drug-likeness (QED) is 0.590. The molecule has 2 fully saturated rings. The van der Waals surface area contributed by atoms with Crippen LogP contribution in [0.5, 0.6) is 0 Å². The lowest BCUT2D eigenvalue weighted by molar-refractivity contribution is -0.208. The molecule has 5 nitrogen and oxygen atoms in total. The van der Waals surface area contributed by atoms with Crippen LogP contribution in [0.1, 0.15) is 46.9 Å². The molecule has 1 saturated carbocycles. The predicted molar refractivity (Wildman–Crippen MR) is 102 cm³/mol. The summed E-state index contributed by atoms with van der Waals surface area (Å²) in [5.74, 6) is -2.44. The van der Waals surface area contributed by atoms with Gasteiger partial charge in [0.15, 0.2) is 5.41 Å². The lowest BCUT2D eigenvalue weighted by Gasteiger charge is -2.46. The second kappa shape index (κ2) is 6.89. The van der Waals surface area contributed by atoms with E-state index in [-0.39, 0.29) is 25.4 Å². The van der Waals surface area contributed by atoms with Gasteiger partial charge in [-0.25, -0.2) is 0 Å². The zero-order valence-electron chi connectivity index (χ0n) is 15.9. The van der Waals surface area contributed by atoms with E-state index < -0.39 is 29.2 Å². The Morgan fingerprint density at radius 2 is 1.11 bits per heavy atom. The van der Waals surface area contributed by atoms with E-state index in [0.717, 1.165) is 22.3 Å². The Balaban J connectivity index is 1.92. The second-order valence-corrected chi connectivity index (χ2v) is 7.72. The molecule has 2 aliphatic rings. The van der Waals surface area contributed by atoms with Gasteiger partial charge in [-0.1, -0.05) is 59.7 Å². The average molecular weight is 378 g/mol. The summed E-state index contributed by atoms with van der Waals surface area (Å²) in [5, 5.41) is 0. The van der Waals surface area contributed by atoms with Gasteiger partial charge < -0.3 is 9.47 Å². The van der Waals surface area contributed by atoms with Crippen LogP contribution >= 0.6 is 0 Å². The van der Waals surface area contributed by atoms with Gasteiger partial charge in [0.2, 0.25) is 6.79 Å². The highest BCUT2D eigenvalue weighted by Crippen LogP contribution is 2.56. The molecule has 2 atom stereocenters. The largest absolute Gasteiger partial charge is 0.427 e. The van der Waals surface area contributed by atoms with Gasteiger partial charge in [-0.2, -0.15) is 0 Å². The summed E-state index contributed by atoms with van der Waals surface area (Å²) in [6.45, 7) is 3.54. The smallest absolute Gasteiger partial charge is 0.327 e. The second-order valence-electron chi connectivity index (χ2n) is 7.72. The van der Waals surface area contributed by atoms with Crippen molar-refractivity contribution in [2.24, 2.45) is 5.41 Å². The van der Waals surface area contributed by atoms with Crippen LogP contribution in [0, 0.1) is 19.3 Å². The van der Waals surface area contributed by atoms with Gasteiger partial charge in [0.25, 0.3) is 0 Å². The molecule has 0 aromatic heterocycles. The van der Waals surface area contributed by atoms with Crippen LogP contribution < -0.4 is 0 Å². The van der Waals surface area contributed by atoms with E-state index in [1.54, 1.807) is 0 Å². The molecule has 1 aliphatic heterocycles. The minimum absolute atomic E-state index is 0.0212. The van der Waals surface area contributed by atoms with Crippen LogP contribution in [-0.2, 0) is 23.9 Å². The van der Waals surface area contributed by atoms with E-state index in [2.05, 4.69) is 0 Å². The fourth-order valence-corrected chi connectivity index (χ4v) is 4.49. The Hall–Kier alpha value is -2.95. The van der Waals surface area contributed by atoms with E-state index in [4.69, 9.17) is 9.47 Å². The van der Waals surface area contributed by atoms with Crippen LogP contribution in [0.25, 0.3) is 0 Å². The van der Waals surface area contributed by atoms with Gasteiger partial charge in [-0.3, -0.25) is 14.4 Å². The highest BCUT2D eigenvalue weighted by Gasteiger charge is 2.65. The molecule has 28 heavy (non-hydrogen) atoms. The molecule has 0 amide bonds. The number of ether oxygens (including phenoxy) is 2. The first-order valence-electron chi connectivity index (χ1n) is 9.42. The number of Topliss-reactive ketones (excluding diaryl/α,β-unsaturated/α-hetero) is 1. The van der Waals surface area contributed by atoms with Crippen molar-refractivity contribution in [2.75, 3.05) is 6.79 Å². The number of ketones is 1. The first-order valence-corrected chi connectivity index (χ1v) is 9.42. The van der Waals surface area contributed by atoms with Crippen LogP contribution in [0.4, 0.5) is 0 Å². The molecule has 2 aromatic rings. The molecule has 1 spiro atoms. The summed E-state index contributed by atoms with van der Waals surface area (Å²) in [7, 11) is 0. The number of carbonyl (C=O) groups is 3. The van der Waals surface area contributed by atoms with Crippen LogP contribution in [-0.4, -0.2) is 24.5 Å². The molecule has 144 valence electrons. The van der Waals surface area contributed by atoms with Crippen molar-refractivity contribution in [3.8, 4) is 0 Å². The monoisotopic (exact) mass is 378 g/mol. The summed E-state index contributed by atoms with van der Waals surface area (Å²) < 4.78 is 10.5. The lowest BCUT2D eigenvalue weighted by atomic mass is 9.55. The first kappa shape index (κ1) is 18.4. The molecular weight excluding hydrogens is 356 g/mol. The van der Waals surface area contributed by atoms with Gasteiger partial charge in [-0.05, 0) is 25.0 Å². The van der Waals surface area contributed by atoms with E-state index in [9.17, 15) is 14.4 Å². The number of esters is 2. The summed E-state index contributed by atoms with van der Waals surface area (Å²) in [6.07, 6.45) is 0.214. The topological polar surface area (TPSA) is 69.7 Å². The molecule has 1 aliphatic carbocycles. The van der Waals surface area contributed by atoms with E-state index in [0.29, 0.717) is 0 Å². The summed E-state index contributed by atoms with van der Waals surface area (Å²) in [6, 6.07) is 15.2. The maximum Gasteiger partial charge on any atom is 0.327 e. The van der Waals surface area contributed by atoms with Crippen LogP contribution in [0.15, 0.2) is 48.5 Å². The third-order valence-electron chi connectivity index (χ3n) is 5.98. The number of aryl methyl sites for hydroxylation is 2.